The van der Waals surface area contributed by atoms with Crippen LogP contribution in [-0.4, -0.2) is 39.6 Å². The van der Waals surface area contributed by atoms with Gasteiger partial charge in [-0.1, -0.05) is 59.1 Å². The molecule has 34 heavy (non-hydrogen) atoms. The van der Waals surface area contributed by atoms with E-state index in [4.69, 9.17) is 10.2 Å². The van der Waals surface area contributed by atoms with E-state index in [-0.39, 0.29) is 0 Å². The van der Waals surface area contributed by atoms with Gasteiger partial charge >= 0.3 is 0 Å². The van der Waals surface area contributed by atoms with Crippen molar-refractivity contribution in [2.45, 2.75) is 25.7 Å². The smallest absolute Gasteiger partial charge is 0.183 e. The highest BCUT2D eigenvalue weighted by Crippen LogP contribution is 2.28. The maximum absolute atomic E-state index is 4.79. The van der Waals surface area contributed by atoms with E-state index in [0.29, 0.717) is 0 Å². The van der Waals surface area contributed by atoms with Crippen LogP contribution in [0.1, 0.15) is 22.9 Å². The Labute approximate surface area is 229 Å². The zero-order valence-electron chi connectivity index (χ0n) is 17.6. The van der Waals surface area contributed by atoms with Gasteiger partial charge in [-0.05, 0) is 70.2 Å². The number of aryl methyl sites for hydroxylation is 2. The summed E-state index contributed by atoms with van der Waals surface area (Å²) < 4.78 is 6.01. The number of fused-ring (bicyclic) bond motifs is 2. The Kier molecular flexibility index (Phi) is 6.30. The molecule has 2 aromatic carbocycles. The van der Waals surface area contributed by atoms with E-state index in [1.165, 1.54) is 0 Å². The molecule has 0 atom stereocenters. The first-order chi connectivity index (χ1) is 16.7. The first kappa shape index (κ1) is 22.4. The first-order valence-corrected chi connectivity index (χ1v) is 14.4. The molecule has 0 bridgehead atoms. The normalized spacial score (nSPS) is 11.7. The van der Waals surface area contributed by atoms with Gasteiger partial charge in [0.15, 0.2) is 11.6 Å². The van der Waals surface area contributed by atoms with Crippen LogP contribution < -0.4 is 0 Å². The van der Waals surface area contributed by atoms with Gasteiger partial charge in [-0.3, -0.25) is 0 Å². The molecular weight excluding hydrogens is 694 g/mol. The molecule has 4 aromatic heterocycles. The van der Waals surface area contributed by atoms with Crippen molar-refractivity contribution >= 4 is 77.8 Å². The van der Waals surface area contributed by atoms with Gasteiger partial charge in [0, 0.05) is 31.1 Å². The molecule has 0 spiro atoms. The summed E-state index contributed by atoms with van der Waals surface area (Å²) in [4.78, 5) is 1.67. The maximum atomic E-state index is 4.79. The summed E-state index contributed by atoms with van der Waals surface area (Å²) in [5.41, 5.74) is 2.11. The predicted octanol–water partition coefficient (Wildman–Crippen LogP) is 5.79. The molecular formula is C22H16I2N8S2. The second kappa shape index (κ2) is 9.54. The molecule has 0 aliphatic rings. The minimum absolute atomic E-state index is 0.797. The van der Waals surface area contributed by atoms with Crippen LogP contribution in [0.15, 0.2) is 48.5 Å². The van der Waals surface area contributed by atoms with Crippen molar-refractivity contribution in [2.75, 3.05) is 0 Å². The summed E-state index contributed by atoms with van der Waals surface area (Å²) in [5, 5.41) is 29.1. The Bertz CT molecular complexity index is 1500. The van der Waals surface area contributed by atoms with Gasteiger partial charge < -0.3 is 0 Å². The van der Waals surface area contributed by atoms with E-state index in [1.54, 1.807) is 22.7 Å². The maximum Gasteiger partial charge on any atom is 0.234 e. The minimum Gasteiger partial charge on any atom is -0.183 e. The van der Waals surface area contributed by atoms with Crippen molar-refractivity contribution in [1.29, 1.82) is 0 Å². The lowest BCUT2D eigenvalue weighted by Crippen LogP contribution is -1.96. The monoisotopic (exact) mass is 710 g/mol. The number of rotatable bonds is 7. The SMILES string of the molecule is Ic1ccccc1-c1nnc2sc(CCCCc3nn4c(-c5ccccc5I)nnc4s3)nn12. The van der Waals surface area contributed by atoms with Crippen LogP contribution in [0.3, 0.4) is 0 Å². The molecule has 0 fully saturated rings. The van der Waals surface area contributed by atoms with Crippen LogP contribution >= 0.6 is 67.9 Å². The van der Waals surface area contributed by atoms with Gasteiger partial charge in [0.1, 0.15) is 10.0 Å². The Morgan fingerprint density at radius 3 is 1.50 bits per heavy atom. The second-order valence-electron chi connectivity index (χ2n) is 7.59. The van der Waals surface area contributed by atoms with Crippen molar-refractivity contribution in [3.63, 3.8) is 0 Å². The zero-order chi connectivity index (χ0) is 23.1. The number of unbranched alkanes of at least 4 members (excludes halogenated alkanes) is 1. The van der Waals surface area contributed by atoms with Crippen molar-refractivity contribution in [3.05, 3.63) is 65.7 Å². The van der Waals surface area contributed by atoms with Crippen LogP contribution in [-0.2, 0) is 12.8 Å². The standard InChI is InChI=1S/C22H16I2N8S2/c23-15-9-3-1-7-13(15)19-25-27-21-31(19)29-17(33-21)11-5-6-12-18-30-32-20(26-28-22(32)34-18)14-8-2-4-10-16(14)24/h1-4,7-10H,5-6,11-12H2. The molecule has 0 saturated heterocycles. The average molecular weight is 710 g/mol. The van der Waals surface area contributed by atoms with E-state index in [1.807, 2.05) is 33.3 Å². The molecule has 4 heterocycles. The first-order valence-electron chi connectivity index (χ1n) is 10.6. The second-order valence-corrected chi connectivity index (χ2v) is 12.0. The quantitative estimate of drug-likeness (QED) is 0.154. The number of hydrogen-bond donors (Lipinski definition) is 0. The van der Waals surface area contributed by atoms with Crippen LogP contribution in [0, 0.1) is 7.14 Å². The van der Waals surface area contributed by atoms with Crippen molar-refractivity contribution in [2.24, 2.45) is 0 Å². The van der Waals surface area contributed by atoms with E-state index in [2.05, 4.69) is 89.8 Å². The number of benzene rings is 2. The van der Waals surface area contributed by atoms with Crippen molar-refractivity contribution < 1.29 is 0 Å². The summed E-state index contributed by atoms with van der Waals surface area (Å²) in [6.07, 6.45) is 3.89. The molecule has 0 aliphatic heterocycles. The third-order valence-electron chi connectivity index (χ3n) is 5.33. The summed E-state index contributed by atoms with van der Waals surface area (Å²) in [7, 11) is 0. The van der Waals surface area contributed by atoms with Crippen LogP contribution in [0.4, 0.5) is 0 Å². The van der Waals surface area contributed by atoms with Crippen molar-refractivity contribution in [3.8, 4) is 22.8 Å². The molecule has 8 nitrogen and oxygen atoms in total. The van der Waals surface area contributed by atoms with Gasteiger partial charge in [-0.2, -0.15) is 19.2 Å². The summed E-state index contributed by atoms with van der Waals surface area (Å²) in [5.74, 6) is 1.59. The predicted molar refractivity (Wildman–Crippen MR) is 150 cm³/mol. The lowest BCUT2D eigenvalue weighted by Gasteiger charge is -2.00. The molecule has 12 heteroatoms. The Morgan fingerprint density at radius 1 is 0.618 bits per heavy atom. The molecule has 0 amide bonds. The van der Waals surface area contributed by atoms with E-state index in [9.17, 15) is 0 Å². The minimum atomic E-state index is 0.797. The Hall–Kier alpha value is -2.04. The number of hydrogen-bond acceptors (Lipinski definition) is 8. The molecule has 0 unspecified atom stereocenters. The molecule has 0 saturated carbocycles. The molecule has 6 aromatic rings. The van der Waals surface area contributed by atoms with Crippen molar-refractivity contribution in [1.82, 2.24) is 39.6 Å². The van der Waals surface area contributed by atoms with Gasteiger partial charge in [0.2, 0.25) is 9.92 Å². The fourth-order valence-corrected chi connectivity index (χ4v) is 6.70. The Morgan fingerprint density at radius 2 is 1.06 bits per heavy atom. The fraction of sp³-hybridized carbons (Fsp3) is 0.182. The molecule has 0 aliphatic carbocycles. The fourth-order valence-electron chi connectivity index (χ4n) is 3.69. The molecule has 6 rings (SSSR count). The number of aromatic nitrogens is 8. The van der Waals surface area contributed by atoms with Gasteiger partial charge in [-0.15, -0.1) is 20.4 Å². The van der Waals surface area contributed by atoms with E-state index >= 15 is 0 Å². The van der Waals surface area contributed by atoms with Gasteiger partial charge in [0.25, 0.3) is 0 Å². The number of nitrogens with zero attached hydrogens (tertiary/aromatic N) is 8. The lowest BCUT2D eigenvalue weighted by molar-refractivity contribution is 0.710. The third kappa shape index (κ3) is 4.24. The molecule has 170 valence electrons. The number of halogens is 2. The largest absolute Gasteiger partial charge is 0.234 e. The average Bonchev–Trinajstić information content (AvgIpc) is 3.59. The van der Waals surface area contributed by atoms with E-state index in [0.717, 1.165) is 75.5 Å². The highest BCUT2D eigenvalue weighted by atomic mass is 127. The van der Waals surface area contributed by atoms with Crippen LogP contribution in [0.25, 0.3) is 32.7 Å². The van der Waals surface area contributed by atoms with Gasteiger partial charge in [0.05, 0.1) is 0 Å². The summed E-state index contributed by atoms with van der Waals surface area (Å²) in [6, 6.07) is 16.3. The summed E-state index contributed by atoms with van der Waals surface area (Å²) >= 11 is 7.87. The highest BCUT2D eigenvalue weighted by Gasteiger charge is 2.17. The Balaban J connectivity index is 1.12. The molecule has 0 N–H and O–H groups in total. The third-order valence-corrected chi connectivity index (χ3v) is 9.12. The molecule has 0 radical (unpaired) electrons. The van der Waals surface area contributed by atoms with Crippen LogP contribution in [0.2, 0.25) is 0 Å². The topological polar surface area (TPSA) is 86.2 Å². The summed E-state index contributed by atoms with van der Waals surface area (Å²) in [6.45, 7) is 0. The van der Waals surface area contributed by atoms with E-state index < -0.39 is 0 Å². The van der Waals surface area contributed by atoms with Gasteiger partial charge in [-0.25, -0.2) is 0 Å². The lowest BCUT2D eigenvalue weighted by atomic mass is 10.2. The zero-order valence-corrected chi connectivity index (χ0v) is 23.5. The highest BCUT2D eigenvalue weighted by molar-refractivity contribution is 14.1. The van der Waals surface area contributed by atoms with Crippen LogP contribution in [0.5, 0.6) is 0 Å².